The zero-order chi connectivity index (χ0) is 86.7. The lowest BCUT2D eigenvalue weighted by Gasteiger charge is -2.42. The van der Waals surface area contributed by atoms with E-state index in [4.69, 9.17) is 92.6 Å². The van der Waals surface area contributed by atoms with Gasteiger partial charge in [0.1, 0.15) is 79.0 Å². The molecule has 0 radical (unpaired) electrons. The van der Waals surface area contributed by atoms with Crippen LogP contribution >= 0.6 is 39.1 Å². The molecule has 11 unspecified atom stereocenters. The van der Waals surface area contributed by atoms with Gasteiger partial charge in [-0.25, -0.2) is 37.8 Å². The number of unbranched alkanes of at least 4 members (excludes halogenated alkanes) is 9. The van der Waals surface area contributed by atoms with E-state index in [1.54, 1.807) is 20.8 Å². The lowest BCUT2D eigenvalue weighted by atomic mass is 9.92. The number of hydrogen-bond donors (Lipinski definition) is 15. The van der Waals surface area contributed by atoms with Crippen molar-refractivity contribution in [3.05, 3.63) is 18.3 Å². The van der Waals surface area contributed by atoms with Gasteiger partial charge in [0.15, 0.2) is 24.5 Å². The number of hydrogen-bond acceptors (Lipinski definition) is 38. The van der Waals surface area contributed by atoms with Gasteiger partial charge in [0.25, 0.3) is 0 Å². The Balaban J connectivity index is 1.06. The van der Waals surface area contributed by atoms with Crippen LogP contribution in [-0.2, 0) is 120 Å². The number of aliphatic hydroxyl groups is 9. The van der Waals surface area contributed by atoms with Gasteiger partial charge >= 0.3 is 39.1 Å². The number of carbonyl (C=O) groups excluding carboxylic acids is 1. The summed E-state index contributed by atoms with van der Waals surface area (Å²) < 4.78 is 179. The van der Waals surface area contributed by atoms with Gasteiger partial charge in [-0.3, -0.25) is 54.6 Å². The van der Waals surface area contributed by atoms with Crippen molar-refractivity contribution in [1.29, 1.82) is 0 Å². The zero-order valence-corrected chi connectivity index (χ0v) is 72.0. The predicted octanol–water partition coefficient (Wildman–Crippen LogP) is 2.90. The minimum Gasteiger partial charge on any atom is -0.394 e. The highest BCUT2D eigenvalue weighted by Gasteiger charge is 2.48. The fourth-order valence-corrected chi connectivity index (χ4v) is 17.1. The molecule has 0 bridgehead atoms. The number of ether oxygens (including phenoxy) is 10. The second-order valence-electron chi connectivity index (χ2n) is 29.5. The van der Waals surface area contributed by atoms with Gasteiger partial charge < -0.3 is 123 Å². The second-order valence-corrected chi connectivity index (χ2v) is 36.7. The van der Waals surface area contributed by atoms with Crippen LogP contribution in [0.1, 0.15) is 149 Å². The van der Waals surface area contributed by atoms with Crippen molar-refractivity contribution in [3.63, 3.8) is 0 Å². The Hall–Kier alpha value is -2.19. The molecule has 4 aliphatic heterocycles. The number of aromatic nitrogens is 4. The van der Waals surface area contributed by atoms with E-state index in [0.29, 0.717) is 93.9 Å². The average molecular weight is 1810 g/mol. The summed E-state index contributed by atoms with van der Waals surface area (Å²) >= 11 is 0. The van der Waals surface area contributed by atoms with Crippen LogP contribution in [0.15, 0.2) is 12.7 Å². The van der Waals surface area contributed by atoms with Gasteiger partial charge in [-0.15, -0.1) is 0 Å². The lowest BCUT2D eigenvalue weighted by molar-refractivity contribution is -0.282. The molecule has 2 aromatic rings. The first-order valence-corrected chi connectivity index (χ1v) is 47.1. The van der Waals surface area contributed by atoms with Crippen LogP contribution in [0.5, 0.6) is 0 Å². The minimum atomic E-state index is -5.27. The van der Waals surface area contributed by atoms with Gasteiger partial charge in [0.05, 0.1) is 128 Å². The van der Waals surface area contributed by atoms with E-state index in [1.807, 2.05) is 0 Å². The molecule has 118 heavy (non-hydrogen) atoms. The largest absolute Gasteiger partial charge is 0.472 e. The molecule has 6 rings (SSSR count). The fourth-order valence-electron chi connectivity index (χ4n) is 12.7. The summed E-state index contributed by atoms with van der Waals surface area (Å²) in [6.07, 6.45) is -9.95. The van der Waals surface area contributed by atoms with Crippen LogP contribution in [0.25, 0.3) is 11.2 Å². The van der Waals surface area contributed by atoms with E-state index in [2.05, 4.69) is 20.3 Å². The number of aryl methyl sites for hydroxylation is 1. The van der Waals surface area contributed by atoms with Gasteiger partial charge in [0.2, 0.25) is 5.91 Å². The standard InChI is InChI=1S/C68H126N5O40P5/c1-45(2)112-118(92,93)113-50-34-55(73-44-71-56-48(5)69-43-70-64(56)73)108-54(50)38-106-117(90,91)107-42-68(39-94-22-19-31-103-114(84,85)100-28-16-10-7-13-25-97-65-46(3)58(78)60(80)51(35-74)109-65,40-95-23-20-32-104-115(86,87)101-29-17-11-8-14-26-98-66-47(4)59(79)61(81)52(36-75)110-66)41-96-24-21-33-105-116(88,89)102-30-18-12-9-15-27-99-67-57(72-49(6)77)63(83)62(82)53(37-76)111-67/h43-47,50-55,57-63,65-67,74-76,78-83H,7-42H2,1-6H3,(H,72,77)(H,84,85)(H,86,87)(H,88,89)(H,90,91)(H,92,93)/t46-,47-,50-,51?,52?,53?,54+,55+,57-,58?,59?,60-,61-,62-,63?,65+,66+,67+,68?/m0/s1. The third kappa shape index (κ3) is 36.6. The summed E-state index contributed by atoms with van der Waals surface area (Å²) in [5, 5.41) is 92.8. The number of imidazole rings is 1. The van der Waals surface area contributed by atoms with Gasteiger partial charge in [-0.05, 0) is 78.6 Å². The number of nitrogens with zero attached hydrogens (tertiary/aromatic N) is 4. The highest BCUT2D eigenvalue weighted by molar-refractivity contribution is 7.48. The molecule has 0 spiro atoms. The maximum Gasteiger partial charge on any atom is 0.472 e. The number of rotatable bonds is 63. The first-order valence-electron chi connectivity index (χ1n) is 39.6. The quantitative estimate of drug-likeness (QED) is 0.0334. The second kappa shape index (κ2) is 52.8. The lowest BCUT2D eigenvalue weighted by Crippen LogP contribution is -2.64. The summed E-state index contributed by atoms with van der Waals surface area (Å²) in [5.41, 5.74) is -0.342. The molecule has 4 aliphatic rings. The van der Waals surface area contributed by atoms with Crippen LogP contribution in [0.2, 0.25) is 0 Å². The summed E-state index contributed by atoms with van der Waals surface area (Å²) in [6.45, 7) is 2.96. The van der Waals surface area contributed by atoms with Crippen molar-refractivity contribution in [2.24, 2.45) is 17.3 Å². The number of fused-ring (bicyclic) bond motifs is 1. The number of nitrogens with one attached hydrogen (secondary N) is 1. The van der Waals surface area contributed by atoms with E-state index in [9.17, 15) is 98.0 Å². The number of phosphoric acid groups is 5. The van der Waals surface area contributed by atoms with Gasteiger partial charge in [0, 0.05) is 64.8 Å². The van der Waals surface area contributed by atoms with Crippen molar-refractivity contribution in [1.82, 2.24) is 24.8 Å². The Kier molecular flexibility index (Phi) is 46.8. The van der Waals surface area contributed by atoms with E-state index in [1.165, 1.54) is 38.0 Å². The van der Waals surface area contributed by atoms with Crippen LogP contribution < -0.4 is 5.32 Å². The summed E-state index contributed by atoms with van der Waals surface area (Å²) in [6, 6.07) is -1.12. The smallest absolute Gasteiger partial charge is 0.394 e. The maximum absolute atomic E-state index is 14.2. The van der Waals surface area contributed by atoms with E-state index >= 15 is 0 Å². The fraction of sp³-hybridized carbons (Fsp3) is 0.912. The van der Waals surface area contributed by atoms with Crippen molar-refractivity contribution in [3.8, 4) is 0 Å². The third-order valence-corrected chi connectivity index (χ3v) is 24.4. The first kappa shape index (κ1) is 105. The third-order valence-electron chi connectivity index (χ3n) is 19.2. The van der Waals surface area contributed by atoms with Crippen LogP contribution in [0.3, 0.4) is 0 Å². The molecular weight excluding hydrogens is 1680 g/mol. The van der Waals surface area contributed by atoms with Gasteiger partial charge in [-0.1, -0.05) is 52.4 Å². The Bertz CT molecular complexity index is 3340. The predicted molar refractivity (Wildman–Crippen MR) is 408 cm³/mol. The van der Waals surface area contributed by atoms with Crippen molar-refractivity contribution < 1.29 is 191 Å². The SMILES string of the molecule is CC(=O)N[C@H]1C(O)[C@@H](O)C(CO)O[C@H]1OCCCCCCOP(=O)(O)OCCCOCC(COCCCOP(=O)(O)OCCCCCCO[C@@H]1OC(CO)[C@H](O)C(O)[C@@H]1C)(COCCCOP(=O)(O)OCCCCCCO[C@@H]1OC(CO)[C@H](O)C(O)[C@@H]1C)COP(=O)(O)OC[C@H]1O[C@@H](n2cnc3c(C)ncnc32)C[C@@H]1OP(=O)(O)OC(C)C. The number of amides is 1. The van der Waals surface area contributed by atoms with Gasteiger partial charge in [-0.2, -0.15) is 0 Å². The topological polar surface area (TPSA) is 626 Å². The van der Waals surface area contributed by atoms with E-state index in [0.717, 1.165) is 0 Å². The maximum atomic E-state index is 14.2. The Labute approximate surface area is 685 Å². The molecule has 4 fully saturated rings. The van der Waals surface area contributed by atoms with Crippen molar-refractivity contribution in [2.75, 3.05) is 132 Å². The molecular formula is C68H126N5O40P5. The number of phosphoric ester groups is 5. The zero-order valence-electron chi connectivity index (χ0n) is 67.5. The van der Waals surface area contributed by atoms with Crippen LogP contribution in [0.4, 0.5) is 0 Å². The summed E-state index contributed by atoms with van der Waals surface area (Å²) in [5.74, 6) is -1.64. The molecule has 0 saturated carbocycles. The van der Waals surface area contributed by atoms with E-state index < -0.39 is 226 Å². The molecule has 688 valence electrons. The average Bonchev–Trinajstić information content (AvgIpc) is 1.65. The first-order chi connectivity index (χ1) is 55.9. The Morgan fingerprint density at radius 2 is 0.873 bits per heavy atom. The Morgan fingerprint density at radius 1 is 0.483 bits per heavy atom. The molecule has 0 aliphatic carbocycles. The van der Waals surface area contributed by atoms with Crippen molar-refractivity contribution in [2.45, 2.75) is 249 Å². The molecule has 45 nitrogen and oxygen atoms in total. The monoisotopic (exact) mass is 1810 g/mol. The molecule has 2 aromatic heterocycles. The van der Waals surface area contributed by atoms with Crippen LogP contribution in [0, 0.1) is 24.2 Å². The summed E-state index contributed by atoms with van der Waals surface area (Å²) in [7, 11) is -23.9. The highest BCUT2D eigenvalue weighted by atomic mass is 31.2. The minimum absolute atomic E-state index is 0.0406. The number of aliphatic hydroxyl groups excluding tert-OH is 9. The summed E-state index contributed by atoms with van der Waals surface area (Å²) in [4.78, 5) is 78.5. The molecule has 23 atom stereocenters. The molecule has 1 amide bonds. The molecule has 4 saturated heterocycles. The normalized spacial score (nSPS) is 29.6. The molecule has 6 heterocycles. The van der Waals surface area contributed by atoms with Crippen molar-refractivity contribution >= 4 is 56.2 Å². The molecule has 0 aromatic carbocycles. The molecule has 50 heteroatoms. The van der Waals surface area contributed by atoms with Crippen LogP contribution in [-0.4, -0.2) is 326 Å². The Morgan fingerprint density at radius 3 is 1.29 bits per heavy atom. The highest BCUT2D eigenvalue weighted by Crippen LogP contribution is 2.52. The number of carbonyl (C=O) groups is 1. The van der Waals surface area contributed by atoms with E-state index in [-0.39, 0.29) is 98.4 Å². The molecule has 15 N–H and O–H groups in total.